The molecule has 0 spiro atoms. The molecular weight excluding hydrogens is 244 g/mol. The number of rotatable bonds is 3. The Hall–Kier alpha value is -1.60. The van der Waals surface area contributed by atoms with Crippen LogP contribution in [0.2, 0.25) is 0 Å². The second-order valence-corrected chi connectivity index (χ2v) is 6.07. The van der Waals surface area contributed by atoms with E-state index in [1.54, 1.807) is 0 Å². The van der Waals surface area contributed by atoms with E-state index in [0.29, 0.717) is 5.92 Å². The van der Waals surface area contributed by atoms with Gasteiger partial charge in [-0.15, -0.1) is 0 Å². The molecule has 1 saturated carbocycles. The van der Waals surface area contributed by atoms with Gasteiger partial charge in [0.25, 0.3) is 0 Å². The van der Waals surface area contributed by atoms with Gasteiger partial charge in [-0.25, -0.2) is 0 Å². The second-order valence-electron chi connectivity index (χ2n) is 6.07. The summed E-state index contributed by atoms with van der Waals surface area (Å²) >= 11 is 0. The minimum Gasteiger partial charge on any atom is -0.390 e. The monoisotopic (exact) mass is 266 g/mol. The van der Waals surface area contributed by atoms with E-state index in [0.717, 1.165) is 32.1 Å². The van der Waals surface area contributed by atoms with Crippen LogP contribution in [0.4, 0.5) is 0 Å². The van der Waals surface area contributed by atoms with Crippen molar-refractivity contribution in [1.82, 2.24) is 0 Å². The minimum absolute atomic E-state index is 0.507. The van der Waals surface area contributed by atoms with E-state index in [-0.39, 0.29) is 0 Å². The molecule has 20 heavy (non-hydrogen) atoms. The zero-order chi connectivity index (χ0) is 13.8. The van der Waals surface area contributed by atoms with E-state index in [2.05, 4.69) is 42.5 Å². The average Bonchev–Trinajstić information content (AvgIpc) is 2.50. The van der Waals surface area contributed by atoms with Gasteiger partial charge in [0.2, 0.25) is 0 Å². The van der Waals surface area contributed by atoms with Crippen LogP contribution in [-0.2, 0) is 6.42 Å². The standard InChI is InChI=1S/C19H22O/c20-19(15-16-7-3-1-4-8-16)13-11-18(12-14-19)17-9-5-2-6-10-17/h1-10,18,20H,11-15H2. The van der Waals surface area contributed by atoms with Crippen LogP contribution in [0, 0.1) is 0 Å². The van der Waals surface area contributed by atoms with Crippen LogP contribution in [0.5, 0.6) is 0 Å². The van der Waals surface area contributed by atoms with Crippen molar-refractivity contribution in [1.29, 1.82) is 0 Å². The Morgan fingerprint density at radius 1 is 0.850 bits per heavy atom. The Labute approximate surface area is 121 Å². The zero-order valence-corrected chi connectivity index (χ0v) is 11.8. The first-order valence-corrected chi connectivity index (χ1v) is 7.56. The Bertz CT molecular complexity index is 524. The van der Waals surface area contributed by atoms with Crippen molar-refractivity contribution in [2.45, 2.75) is 43.6 Å². The SMILES string of the molecule is OC1(Cc2ccccc2)CCC(c2ccccc2)CC1. The molecule has 1 heteroatoms. The highest BCUT2D eigenvalue weighted by atomic mass is 16.3. The Morgan fingerprint density at radius 3 is 2.00 bits per heavy atom. The number of hydrogen-bond acceptors (Lipinski definition) is 1. The molecule has 2 aromatic rings. The molecule has 0 aromatic heterocycles. The first-order chi connectivity index (χ1) is 9.75. The minimum atomic E-state index is -0.507. The Morgan fingerprint density at radius 2 is 1.40 bits per heavy atom. The molecule has 3 rings (SSSR count). The van der Waals surface area contributed by atoms with Crippen LogP contribution < -0.4 is 0 Å². The van der Waals surface area contributed by atoms with Gasteiger partial charge in [-0.3, -0.25) is 0 Å². The highest BCUT2D eigenvalue weighted by molar-refractivity contribution is 5.22. The smallest absolute Gasteiger partial charge is 0.0688 e. The highest BCUT2D eigenvalue weighted by Crippen LogP contribution is 2.39. The molecule has 1 nitrogen and oxygen atoms in total. The lowest BCUT2D eigenvalue weighted by atomic mass is 9.74. The molecule has 104 valence electrons. The predicted octanol–water partition coefficient (Wildman–Crippen LogP) is 4.32. The van der Waals surface area contributed by atoms with Crippen LogP contribution in [0.25, 0.3) is 0 Å². The van der Waals surface area contributed by atoms with Gasteiger partial charge < -0.3 is 5.11 Å². The van der Waals surface area contributed by atoms with Gasteiger partial charge >= 0.3 is 0 Å². The lowest BCUT2D eigenvalue weighted by molar-refractivity contribution is -0.000455. The quantitative estimate of drug-likeness (QED) is 0.877. The molecule has 1 N–H and O–H groups in total. The Balaban J connectivity index is 1.63. The third-order valence-electron chi connectivity index (χ3n) is 4.56. The fourth-order valence-electron chi connectivity index (χ4n) is 3.37. The van der Waals surface area contributed by atoms with Gasteiger partial charge in [0, 0.05) is 6.42 Å². The maximum absolute atomic E-state index is 10.8. The van der Waals surface area contributed by atoms with E-state index >= 15 is 0 Å². The molecule has 1 fully saturated rings. The van der Waals surface area contributed by atoms with E-state index in [4.69, 9.17) is 0 Å². The fourth-order valence-corrected chi connectivity index (χ4v) is 3.37. The summed E-state index contributed by atoms with van der Waals surface area (Å²) in [5.41, 5.74) is 2.16. The fraction of sp³-hybridized carbons (Fsp3) is 0.368. The van der Waals surface area contributed by atoms with E-state index in [1.165, 1.54) is 11.1 Å². The van der Waals surface area contributed by atoms with Gasteiger partial charge in [0.1, 0.15) is 0 Å². The van der Waals surface area contributed by atoms with E-state index in [1.807, 2.05) is 18.2 Å². The summed E-state index contributed by atoms with van der Waals surface area (Å²) in [6, 6.07) is 21.1. The maximum Gasteiger partial charge on any atom is 0.0688 e. The molecule has 0 radical (unpaired) electrons. The molecule has 0 amide bonds. The van der Waals surface area contributed by atoms with Gasteiger partial charge in [0.05, 0.1) is 5.60 Å². The molecule has 2 aromatic carbocycles. The molecular formula is C19H22O. The highest BCUT2D eigenvalue weighted by Gasteiger charge is 2.33. The number of aliphatic hydroxyl groups is 1. The van der Waals surface area contributed by atoms with Crippen molar-refractivity contribution in [2.75, 3.05) is 0 Å². The third-order valence-corrected chi connectivity index (χ3v) is 4.56. The lowest BCUT2D eigenvalue weighted by Gasteiger charge is -2.36. The van der Waals surface area contributed by atoms with Gasteiger partial charge in [-0.05, 0) is 42.7 Å². The van der Waals surface area contributed by atoms with Crippen molar-refractivity contribution in [3.05, 3.63) is 71.8 Å². The topological polar surface area (TPSA) is 20.2 Å². The average molecular weight is 266 g/mol. The molecule has 0 saturated heterocycles. The van der Waals surface area contributed by atoms with Crippen molar-refractivity contribution in [3.8, 4) is 0 Å². The van der Waals surface area contributed by atoms with Crippen molar-refractivity contribution < 1.29 is 5.11 Å². The van der Waals surface area contributed by atoms with Gasteiger partial charge in [-0.2, -0.15) is 0 Å². The predicted molar refractivity (Wildman–Crippen MR) is 82.7 cm³/mol. The van der Waals surface area contributed by atoms with Crippen LogP contribution in [0.3, 0.4) is 0 Å². The van der Waals surface area contributed by atoms with E-state index in [9.17, 15) is 5.11 Å². The summed E-state index contributed by atoms with van der Waals surface area (Å²) in [5, 5.41) is 10.8. The first kappa shape index (κ1) is 13.4. The molecule has 0 aliphatic heterocycles. The molecule has 0 atom stereocenters. The summed E-state index contributed by atoms with van der Waals surface area (Å²) < 4.78 is 0. The molecule has 0 heterocycles. The number of hydrogen-bond donors (Lipinski definition) is 1. The van der Waals surface area contributed by atoms with E-state index < -0.39 is 5.60 Å². The summed E-state index contributed by atoms with van der Waals surface area (Å²) in [7, 11) is 0. The van der Waals surface area contributed by atoms with Crippen LogP contribution >= 0.6 is 0 Å². The van der Waals surface area contributed by atoms with Crippen molar-refractivity contribution in [3.63, 3.8) is 0 Å². The Kier molecular flexibility index (Phi) is 3.88. The molecule has 1 aliphatic carbocycles. The maximum atomic E-state index is 10.8. The van der Waals surface area contributed by atoms with Crippen molar-refractivity contribution in [2.24, 2.45) is 0 Å². The van der Waals surface area contributed by atoms with Crippen LogP contribution in [-0.4, -0.2) is 10.7 Å². The third kappa shape index (κ3) is 3.10. The largest absolute Gasteiger partial charge is 0.390 e. The first-order valence-electron chi connectivity index (χ1n) is 7.56. The van der Waals surface area contributed by atoms with Crippen LogP contribution in [0.15, 0.2) is 60.7 Å². The van der Waals surface area contributed by atoms with Crippen LogP contribution in [0.1, 0.15) is 42.7 Å². The van der Waals surface area contributed by atoms with Crippen molar-refractivity contribution >= 4 is 0 Å². The normalized spacial score (nSPS) is 26.4. The summed E-state index contributed by atoms with van der Waals surface area (Å²) in [4.78, 5) is 0. The van der Waals surface area contributed by atoms with Gasteiger partial charge in [0.15, 0.2) is 0 Å². The summed E-state index contributed by atoms with van der Waals surface area (Å²) in [6.45, 7) is 0. The lowest BCUT2D eigenvalue weighted by Crippen LogP contribution is -2.35. The summed E-state index contributed by atoms with van der Waals surface area (Å²) in [6.07, 6.45) is 4.78. The molecule has 1 aliphatic rings. The van der Waals surface area contributed by atoms with Gasteiger partial charge in [-0.1, -0.05) is 60.7 Å². The zero-order valence-electron chi connectivity index (χ0n) is 11.8. The second kappa shape index (κ2) is 5.80. The number of benzene rings is 2. The molecule has 0 bridgehead atoms. The molecule has 0 unspecified atom stereocenters. The summed E-state index contributed by atoms with van der Waals surface area (Å²) in [5.74, 6) is 0.618.